The predicted molar refractivity (Wildman–Crippen MR) is 84.5 cm³/mol. The van der Waals surface area contributed by atoms with Gasteiger partial charge in [0.15, 0.2) is 5.82 Å². The normalized spacial score (nSPS) is 10.7. The molecule has 2 rings (SSSR count). The average Bonchev–Trinajstić information content (AvgIpc) is 2.42. The molecule has 0 fully saturated rings. The van der Waals surface area contributed by atoms with E-state index in [-0.39, 0.29) is 12.4 Å². The third-order valence-electron chi connectivity index (χ3n) is 2.71. The molecular weight excluding hydrogens is 361 g/mol. The molecule has 4 nitrogen and oxygen atoms in total. The molecule has 1 aromatic carbocycles. The molecule has 0 bridgehead atoms. The van der Waals surface area contributed by atoms with Gasteiger partial charge in [0, 0.05) is 18.4 Å². The van der Waals surface area contributed by atoms with Gasteiger partial charge in [-0.05, 0) is 47.5 Å². The largest absolute Gasteiger partial charge is 0.374 e. The molecule has 1 N–H and O–H groups in total. The first-order valence-electron chi connectivity index (χ1n) is 6.33. The average molecular weight is 375 g/mol. The van der Waals surface area contributed by atoms with Crippen molar-refractivity contribution in [1.29, 1.82) is 0 Å². The molecule has 0 spiro atoms. The monoisotopic (exact) mass is 373 g/mol. The van der Waals surface area contributed by atoms with E-state index in [1.807, 2.05) is 13.8 Å². The molecule has 21 heavy (non-hydrogen) atoms. The number of anilines is 2. The zero-order valence-electron chi connectivity index (χ0n) is 11.6. The minimum absolute atomic E-state index is 0.277. The highest BCUT2D eigenvalue weighted by molar-refractivity contribution is 9.10. The Morgan fingerprint density at radius 2 is 2.10 bits per heavy atom. The van der Waals surface area contributed by atoms with Crippen LogP contribution in [0.1, 0.15) is 18.3 Å². The number of benzene rings is 1. The van der Waals surface area contributed by atoms with Crippen LogP contribution in [-0.4, -0.2) is 16.6 Å². The number of aryl methyl sites for hydroxylation is 1. The number of hydrogen-bond acceptors (Lipinski definition) is 4. The van der Waals surface area contributed by atoms with E-state index in [2.05, 4.69) is 31.2 Å². The summed E-state index contributed by atoms with van der Waals surface area (Å²) in [6, 6.07) is 4.68. The van der Waals surface area contributed by atoms with Gasteiger partial charge in [-0.25, -0.2) is 14.4 Å². The fraction of sp³-hybridized carbons (Fsp3) is 0.286. The second-order valence-corrected chi connectivity index (χ2v) is 5.58. The van der Waals surface area contributed by atoms with Crippen LogP contribution in [0.5, 0.6) is 0 Å². The summed E-state index contributed by atoms with van der Waals surface area (Å²) in [5.74, 6) is 0.620. The Morgan fingerprint density at radius 1 is 1.33 bits per heavy atom. The second kappa shape index (κ2) is 7.15. The van der Waals surface area contributed by atoms with Crippen molar-refractivity contribution in [3.63, 3.8) is 0 Å². The van der Waals surface area contributed by atoms with Crippen LogP contribution in [0, 0.1) is 12.7 Å². The maximum atomic E-state index is 13.6. The van der Waals surface area contributed by atoms with E-state index < -0.39 is 0 Å². The van der Waals surface area contributed by atoms with Gasteiger partial charge in [0.2, 0.25) is 0 Å². The summed E-state index contributed by atoms with van der Waals surface area (Å²) in [5.41, 5.74) is 1.50. The highest BCUT2D eigenvalue weighted by Gasteiger charge is 2.08. The molecule has 1 heterocycles. The first-order valence-corrected chi connectivity index (χ1v) is 7.50. The SMILES string of the molecule is CCOCc1nc(Cl)cc(Nc2cc(F)c(Br)cc2C)n1. The summed E-state index contributed by atoms with van der Waals surface area (Å²) in [7, 11) is 0. The van der Waals surface area contributed by atoms with Crippen LogP contribution in [0.25, 0.3) is 0 Å². The summed E-state index contributed by atoms with van der Waals surface area (Å²) in [4.78, 5) is 8.37. The molecule has 0 saturated heterocycles. The van der Waals surface area contributed by atoms with Crippen molar-refractivity contribution < 1.29 is 9.13 Å². The van der Waals surface area contributed by atoms with Gasteiger partial charge in [0.05, 0.1) is 4.47 Å². The Labute approximate surface area is 135 Å². The van der Waals surface area contributed by atoms with E-state index >= 15 is 0 Å². The number of aromatic nitrogens is 2. The number of nitrogens with one attached hydrogen (secondary N) is 1. The third kappa shape index (κ3) is 4.36. The van der Waals surface area contributed by atoms with Crippen LogP contribution in [-0.2, 0) is 11.3 Å². The Kier molecular flexibility index (Phi) is 5.50. The molecule has 112 valence electrons. The Bertz CT molecular complexity index is 654. The van der Waals surface area contributed by atoms with Crippen LogP contribution in [0.4, 0.5) is 15.9 Å². The van der Waals surface area contributed by atoms with Crippen LogP contribution in [0.3, 0.4) is 0 Å². The molecule has 7 heteroatoms. The van der Waals surface area contributed by atoms with E-state index in [0.717, 1.165) is 5.56 Å². The zero-order chi connectivity index (χ0) is 15.4. The molecule has 0 aliphatic carbocycles. The van der Waals surface area contributed by atoms with Crippen molar-refractivity contribution in [2.75, 3.05) is 11.9 Å². The van der Waals surface area contributed by atoms with Gasteiger partial charge in [-0.15, -0.1) is 0 Å². The van der Waals surface area contributed by atoms with E-state index in [4.69, 9.17) is 16.3 Å². The van der Waals surface area contributed by atoms with Crippen LogP contribution in [0.2, 0.25) is 5.15 Å². The standard InChI is InChI=1S/C14H14BrClFN3O/c1-3-21-7-14-19-12(16)6-13(20-14)18-11-5-10(17)9(15)4-8(11)2/h4-6H,3,7H2,1-2H3,(H,18,19,20). The Balaban J connectivity index is 2.27. The van der Waals surface area contributed by atoms with Gasteiger partial charge in [-0.1, -0.05) is 11.6 Å². The van der Waals surface area contributed by atoms with Crippen molar-refractivity contribution in [2.24, 2.45) is 0 Å². The molecule has 0 atom stereocenters. The fourth-order valence-electron chi connectivity index (χ4n) is 1.71. The lowest BCUT2D eigenvalue weighted by Gasteiger charge is -2.11. The number of rotatable bonds is 5. The second-order valence-electron chi connectivity index (χ2n) is 4.34. The predicted octanol–water partition coefficient (Wildman–Crippen LogP) is 4.62. The zero-order valence-corrected chi connectivity index (χ0v) is 13.9. The lowest BCUT2D eigenvalue weighted by atomic mass is 10.2. The Morgan fingerprint density at radius 3 is 2.81 bits per heavy atom. The molecule has 0 aliphatic rings. The molecule has 0 unspecified atom stereocenters. The van der Waals surface area contributed by atoms with Gasteiger partial charge < -0.3 is 10.1 Å². The maximum Gasteiger partial charge on any atom is 0.158 e. The van der Waals surface area contributed by atoms with Crippen molar-refractivity contribution >= 4 is 39.0 Å². The summed E-state index contributed by atoms with van der Waals surface area (Å²) in [6.45, 7) is 4.60. The van der Waals surface area contributed by atoms with Crippen LogP contribution >= 0.6 is 27.5 Å². The van der Waals surface area contributed by atoms with E-state index in [9.17, 15) is 4.39 Å². The molecule has 0 amide bonds. The number of ether oxygens (including phenoxy) is 1. The lowest BCUT2D eigenvalue weighted by molar-refractivity contribution is 0.128. The van der Waals surface area contributed by atoms with Gasteiger partial charge in [0.25, 0.3) is 0 Å². The quantitative estimate of drug-likeness (QED) is 0.776. The maximum absolute atomic E-state index is 13.6. The van der Waals surface area contributed by atoms with E-state index in [1.54, 1.807) is 12.1 Å². The fourth-order valence-corrected chi connectivity index (χ4v) is 2.36. The highest BCUT2D eigenvalue weighted by Crippen LogP contribution is 2.26. The number of halogens is 3. The molecule has 0 saturated carbocycles. The highest BCUT2D eigenvalue weighted by atomic mass is 79.9. The van der Waals surface area contributed by atoms with Crippen molar-refractivity contribution in [3.05, 3.63) is 45.0 Å². The summed E-state index contributed by atoms with van der Waals surface area (Å²) in [5, 5.41) is 3.35. The van der Waals surface area contributed by atoms with Crippen molar-refractivity contribution in [1.82, 2.24) is 9.97 Å². The van der Waals surface area contributed by atoms with Gasteiger partial charge >= 0.3 is 0 Å². The van der Waals surface area contributed by atoms with E-state index in [0.29, 0.717) is 33.6 Å². The van der Waals surface area contributed by atoms with Crippen molar-refractivity contribution in [2.45, 2.75) is 20.5 Å². The minimum Gasteiger partial charge on any atom is -0.374 e. The van der Waals surface area contributed by atoms with Gasteiger partial charge in [0.1, 0.15) is 23.4 Å². The summed E-state index contributed by atoms with van der Waals surface area (Å²) >= 11 is 9.11. The van der Waals surface area contributed by atoms with Crippen LogP contribution < -0.4 is 5.32 Å². The first kappa shape index (κ1) is 16.1. The summed E-state index contributed by atoms with van der Waals surface area (Å²) in [6.07, 6.45) is 0. The first-order chi connectivity index (χ1) is 9.99. The van der Waals surface area contributed by atoms with E-state index in [1.165, 1.54) is 6.07 Å². The topological polar surface area (TPSA) is 47.0 Å². The molecule has 2 aromatic rings. The molecule has 1 aromatic heterocycles. The number of hydrogen-bond donors (Lipinski definition) is 1. The third-order valence-corrected chi connectivity index (χ3v) is 3.51. The van der Waals surface area contributed by atoms with Crippen molar-refractivity contribution in [3.8, 4) is 0 Å². The number of nitrogens with zero attached hydrogens (tertiary/aromatic N) is 2. The summed E-state index contributed by atoms with van der Waals surface area (Å²) < 4.78 is 19.3. The van der Waals surface area contributed by atoms with Crippen LogP contribution in [0.15, 0.2) is 22.7 Å². The Hall–Kier alpha value is -1.24. The molecule has 0 radical (unpaired) electrons. The molecular formula is C14H14BrClFN3O. The smallest absolute Gasteiger partial charge is 0.158 e. The minimum atomic E-state index is -0.349. The van der Waals surface area contributed by atoms with Gasteiger partial charge in [-0.3, -0.25) is 0 Å². The van der Waals surface area contributed by atoms with Gasteiger partial charge in [-0.2, -0.15) is 0 Å². The lowest BCUT2D eigenvalue weighted by Crippen LogP contribution is -2.03. The molecule has 0 aliphatic heterocycles.